The van der Waals surface area contributed by atoms with E-state index in [-0.39, 0.29) is 23.8 Å². The number of rotatable bonds is 4. The summed E-state index contributed by atoms with van der Waals surface area (Å²) >= 11 is 0. The summed E-state index contributed by atoms with van der Waals surface area (Å²) in [7, 11) is 1.54. The minimum absolute atomic E-state index is 0.109. The lowest BCUT2D eigenvalue weighted by Crippen LogP contribution is -2.24. The zero-order valence-corrected chi connectivity index (χ0v) is 15.4. The minimum atomic E-state index is -4.49. The van der Waals surface area contributed by atoms with Crippen LogP contribution in [0.25, 0.3) is 16.6 Å². The number of furan rings is 1. The van der Waals surface area contributed by atoms with E-state index < -0.39 is 17.6 Å². The van der Waals surface area contributed by atoms with Crippen LogP contribution < -0.4 is 10.1 Å². The number of benzene rings is 1. The lowest BCUT2D eigenvalue weighted by molar-refractivity contribution is -0.137. The van der Waals surface area contributed by atoms with Crippen molar-refractivity contribution >= 4 is 22.5 Å². The van der Waals surface area contributed by atoms with Crippen LogP contribution >= 0.6 is 0 Å². The summed E-state index contributed by atoms with van der Waals surface area (Å²) in [4.78, 5) is 12.6. The highest BCUT2D eigenvalue weighted by Gasteiger charge is 2.31. The molecule has 0 aliphatic carbocycles. The first-order valence-electron chi connectivity index (χ1n) is 8.54. The van der Waals surface area contributed by atoms with Gasteiger partial charge in [-0.1, -0.05) is 0 Å². The van der Waals surface area contributed by atoms with Gasteiger partial charge in [-0.15, -0.1) is 10.2 Å². The molecule has 1 amide bonds. The molecule has 3 heterocycles. The van der Waals surface area contributed by atoms with E-state index in [1.54, 1.807) is 25.1 Å². The molecule has 4 aromatic rings. The molecule has 0 bridgehead atoms. The number of aryl methyl sites for hydroxylation is 1. The van der Waals surface area contributed by atoms with E-state index in [0.717, 1.165) is 17.6 Å². The highest BCUT2D eigenvalue weighted by molar-refractivity contribution is 5.99. The number of pyridine rings is 1. The van der Waals surface area contributed by atoms with E-state index in [1.165, 1.54) is 17.6 Å². The Bertz CT molecular complexity index is 1230. The molecule has 1 N–H and O–H groups in total. The number of alkyl halides is 3. The average Bonchev–Trinajstić information content (AvgIpc) is 3.25. The molecular weight excluding hydrogens is 389 g/mol. The van der Waals surface area contributed by atoms with Gasteiger partial charge < -0.3 is 14.5 Å². The number of amides is 1. The Balaban J connectivity index is 1.59. The number of hydrogen-bond donors (Lipinski definition) is 1. The quantitative estimate of drug-likeness (QED) is 0.560. The molecule has 0 fully saturated rings. The first kappa shape index (κ1) is 18.8. The number of nitrogens with one attached hydrogen (secondary N) is 1. The molecule has 3 aromatic heterocycles. The molecule has 0 saturated carbocycles. The smallest absolute Gasteiger partial charge is 0.417 e. The van der Waals surface area contributed by atoms with E-state index >= 15 is 0 Å². The minimum Gasteiger partial charge on any atom is -0.497 e. The Morgan fingerprint density at radius 3 is 2.76 bits per heavy atom. The van der Waals surface area contributed by atoms with Crippen LogP contribution in [-0.4, -0.2) is 27.6 Å². The summed E-state index contributed by atoms with van der Waals surface area (Å²) in [5.74, 6) is 0.387. The van der Waals surface area contributed by atoms with E-state index in [1.807, 2.05) is 0 Å². The van der Waals surface area contributed by atoms with Gasteiger partial charge in [-0.3, -0.25) is 9.20 Å². The van der Waals surface area contributed by atoms with Crippen molar-refractivity contribution in [2.45, 2.75) is 19.6 Å². The molecule has 0 aliphatic heterocycles. The summed E-state index contributed by atoms with van der Waals surface area (Å²) in [5.41, 5.74) is 0.562. The highest BCUT2D eigenvalue weighted by atomic mass is 19.4. The molecule has 7 nitrogen and oxygen atoms in total. The largest absolute Gasteiger partial charge is 0.497 e. The first-order chi connectivity index (χ1) is 13.8. The fourth-order valence-electron chi connectivity index (χ4n) is 3.01. The van der Waals surface area contributed by atoms with Crippen LogP contribution in [0.5, 0.6) is 5.75 Å². The second-order valence-corrected chi connectivity index (χ2v) is 6.36. The first-order valence-corrected chi connectivity index (χ1v) is 8.54. The number of halogens is 3. The van der Waals surface area contributed by atoms with Gasteiger partial charge in [-0.2, -0.15) is 13.2 Å². The van der Waals surface area contributed by atoms with Crippen molar-refractivity contribution in [3.8, 4) is 5.75 Å². The second-order valence-electron chi connectivity index (χ2n) is 6.36. The zero-order chi connectivity index (χ0) is 20.8. The molecule has 4 rings (SSSR count). The maximum atomic E-state index is 12.9. The normalized spacial score (nSPS) is 11.9. The average molecular weight is 404 g/mol. The SMILES string of the molecule is COc1ccc2oc(C(=O)NCc3nnc4ccc(C(F)(F)F)cn34)c(C)c2c1. The van der Waals surface area contributed by atoms with Gasteiger partial charge in [0.05, 0.1) is 19.2 Å². The van der Waals surface area contributed by atoms with Crippen molar-refractivity contribution in [3.05, 3.63) is 59.2 Å². The van der Waals surface area contributed by atoms with Gasteiger partial charge >= 0.3 is 6.18 Å². The summed E-state index contributed by atoms with van der Waals surface area (Å²) < 4.78 is 50.8. The van der Waals surface area contributed by atoms with Crippen molar-refractivity contribution in [1.82, 2.24) is 19.9 Å². The molecule has 0 saturated heterocycles. The fourth-order valence-corrected chi connectivity index (χ4v) is 3.01. The number of methoxy groups -OCH3 is 1. The summed E-state index contributed by atoms with van der Waals surface area (Å²) in [6.45, 7) is 1.61. The predicted octanol–water partition coefficient (Wildman–Crippen LogP) is 3.74. The predicted molar refractivity (Wildman–Crippen MR) is 96.7 cm³/mol. The van der Waals surface area contributed by atoms with Crippen LogP contribution in [0.3, 0.4) is 0 Å². The zero-order valence-electron chi connectivity index (χ0n) is 15.4. The number of carbonyl (C=O) groups excluding carboxylic acids is 1. The van der Waals surface area contributed by atoms with Crippen molar-refractivity contribution in [1.29, 1.82) is 0 Å². The molecule has 0 atom stereocenters. The van der Waals surface area contributed by atoms with Crippen LogP contribution in [0, 0.1) is 6.92 Å². The molecule has 0 radical (unpaired) electrons. The van der Waals surface area contributed by atoms with Crippen molar-refractivity contribution in [2.24, 2.45) is 0 Å². The third kappa shape index (κ3) is 3.37. The van der Waals surface area contributed by atoms with Crippen LogP contribution in [0.15, 0.2) is 40.9 Å². The Morgan fingerprint density at radius 1 is 1.24 bits per heavy atom. The van der Waals surface area contributed by atoms with Crippen molar-refractivity contribution < 1.29 is 27.1 Å². The van der Waals surface area contributed by atoms with Crippen molar-refractivity contribution in [2.75, 3.05) is 7.11 Å². The number of carbonyl (C=O) groups is 1. The lowest BCUT2D eigenvalue weighted by atomic mass is 10.1. The molecule has 0 aliphatic rings. The Morgan fingerprint density at radius 2 is 2.03 bits per heavy atom. The molecule has 150 valence electrons. The Kier molecular flexibility index (Phi) is 4.40. The third-order valence-electron chi connectivity index (χ3n) is 4.56. The van der Waals surface area contributed by atoms with Crippen molar-refractivity contribution in [3.63, 3.8) is 0 Å². The topological polar surface area (TPSA) is 81.7 Å². The summed E-state index contributed by atoms with van der Waals surface area (Å²) in [6.07, 6.45) is -3.60. The number of nitrogens with zero attached hydrogens (tertiary/aromatic N) is 3. The van der Waals surface area contributed by atoms with Crippen LogP contribution in [0.4, 0.5) is 13.2 Å². The van der Waals surface area contributed by atoms with Gasteiger partial charge in [0.15, 0.2) is 17.2 Å². The maximum absolute atomic E-state index is 12.9. The van der Waals surface area contributed by atoms with E-state index in [2.05, 4.69) is 15.5 Å². The van der Waals surface area contributed by atoms with E-state index in [4.69, 9.17) is 9.15 Å². The number of aromatic nitrogens is 3. The molecule has 29 heavy (non-hydrogen) atoms. The molecular formula is C19H15F3N4O3. The third-order valence-corrected chi connectivity index (χ3v) is 4.56. The van der Waals surface area contributed by atoms with Gasteiger partial charge in [0.25, 0.3) is 5.91 Å². The molecule has 1 aromatic carbocycles. The highest BCUT2D eigenvalue weighted by Crippen LogP contribution is 2.30. The lowest BCUT2D eigenvalue weighted by Gasteiger charge is -2.08. The number of fused-ring (bicyclic) bond motifs is 2. The van der Waals surface area contributed by atoms with E-state index in [0.29, 0.717) is 16.9 Å². The van der Waals surface area contributed by atoms with Gasteiger partial charge in [0, 0.05) is 17.1 Å². The van der Waals surface area contributed by atoms with Gasteiger partial charge in [-0.25, -0.2) is 0 Å². The maximum Gasteiger partial charge on any atom is 0.417 e. The van der Waals surface area contributed by atoms with Gasteiger partial charge in [-0.05, 0) is 37.3 Å². The molecule has 0 spiro atoms. The number of ether oxygens (including phenoxy) is 1. The number of hydrogen-bond acceptors (Lipinski definition) is 5. The molecule has 0 unspecified atom stereocenters. The summed E-state index contributed by atoms with van der Waals surface area (Å²) in [6, 6.07) is 7.32. The van der Waals surface area contributed by atoms with Crippen LogP contribution in [0.2, 0.25) is 0 Å². The Labute approximate surface area is 162 Å². The Hall–Kier alpha value is -3.56. The standard InChI is InChI=1S/C19H15F3N4O3/c1-10-13-7-12(28-2)4-5-14(13)29-17(10)18(27)23-8-16-25-24-15-6-3-11(9-26(15)16)19(20,21)22/h3-7,9H,8H2,1-2H3,(H,23,27). The monoisotopic (exact) mass is 404 g/mol. The van der Waals surface area contributed by atoms with Crippen LogP contribution in [-0.2, 0) is 12.7 Å². The molecule has 10 heteroatoms. The van der Waals surface area contributed by atoms with Gasteiger partial charge in [0.2, 0.25) is 0 Å². The van der Waals surface area contributed by atoms with Gasteiger partial charge in [0.1, 0.15) is 11.3 Å². The second kappa shape index (κ2) is 6.80. The fraction of sp³-hybridized carbons (Fsp3) is 0.211. The summed E-state index contributed by atoms with van der Waals surface area (Å²) in [5, 5.41) is 11.0. The van der Waals surface area contributed by atoms with Crippen LogP contribution in [0.1, 0.15) is 27.5 Å². The van der Waals surface area contributed by atoms with E-state index in [9.17, 15) is 18.0 Å².